The van der Waals surface area contributed by atoms with Crippen LogP contribution in [0.1, 0.15) is 16.7 Å². The minimum atomic E-state index is -4.84. The van der Waals surface area contributed by atoms with Crippen molar-refractivity contribution in [3.05, 3.63) is 77.5 Å². The quantitative estimate of drug-likeness (QED) is 0.553. The molecular formula is C22H19F3N2O3. The van der Waals surface area contributed by atoms with Crippen LogP contribution in [-0.4, -0.2) is 29.6 Å². The second-order valence-corrected chi connectivity index (χ2v) is 6.76. The lowest BCUT2D eigenvalue weighted by Crippen LogP contribution is -2.32. The van der Waals surface area contributed by atoms with Crippen LogP contribution in [0, 0.1) is 13.8 Å². The average Bonchev–Trinajstić information content (AvgIpc) is 2.88. The lowest BCUT2D eigenvalue weighted by Gasteiger charge is -2.13. The summed E-state index contributed by atoms with van der Waals surface area (Å²) in [7, 11) is 0. The second kappa shape index (κ2) is 8.06. The SMILES string of the molecule is C=CCN1C(=O)C(Nc2cccc(OC(F)(F)F)c2)=C(c2ccc(C)c(C)c2)C1=O. The molecule has 1 N–H and O–H groups in total. The summed E-state index contributed by atoms with van der Waals surface area (Å²) in [4.78, 5) is 26.9. The summed E-state index contributed by atoms with van der Waals surface area (Å²) in [6, 6.07) is 10.4. The van der Waals surface area contributed by atoms with Gasteiger partial charge in [0.1, 0.15) is 11.4 Å². The van der Waals surface area contributed by atoms with E-state index in [2.05, 4.69) is 16.6 Å². The van der Waals surface area contributed by atoms with Gasteiger partial charge in [0.15, 0.2) is 0 Å². The van der Waals surface area contributed by atoms with Gasteiger partial charge in [0.2, 0.25) is 0 Å². The third kappa shape index (κ3) is 4.37. The van der Waals surface area contributed by atoms with Gasteiger partial charge in [0, 0.05) is 18.3 Å². The zero-order valence-electron chi connectivity index (χ0n) is 16.3. The number of alkyl halides is 3. The fraction of sp³-hybridized carbons (Fsp3) is 0.182. The van der Waals surface area contributed by atoms with E-state index in [4.69, 9.17) is 0 Å². The van der Waals surface area contributed by atoms with Crippen molar-refractivity contribution in [2.45, 2.75) is 20.2 Å². The molecule has 0 saturated heterocycles. The van der Waals surface area contributed by atoms with E-state index in [9.17, 15) is 22.8 Å². The first kappa shape index (κ1) is 21.2. The fourth-order valence-corrected chi connectivity index (χ4v) is 3.07. The number of carbonyl (C=O) groups is 2. The highest BCUT2D eigenvalue weighted by atomic mass is 19.4. The molecule has 5 nitrogen and oxygen atoms in total. The molecule has 0 aliphatic carbocycles. The Labute approximate surface area is 171 Å². The number of nitrogens with zero attached hydrogens (tertiary/aromatic N) is 1. The van der Waals surface area contributed by atoms with Crippen molar-refractivity contribution < 1.29 is 27.5 Å². The van der Waals surface area contributed by atoms with E-state index in [0.717, 1.165) is 28.2 Å². The maximum absolute atomic E-state index is 12.9. The third-order valence-corrected chi connectivity index (χ3v) is 4.61. The molecule has 0 spiro atoms. The molecule has 0 unspecified atom stereocenters. The Hall–Kier alpha value is -3.55. The molecule has 0 bridgehead atoms. The molecular weight excluding hydrogens is 397 g/mol. The average molecular weight is 416 g/mol. The van der Waals surface area contributed by atoms with E-state index in [0.29, 0.717) is 5.56 Å². The zero-order valence-corrected chi connectivity index (χ0v) is 16.3. The summed E-state index contributed by atoms with van der Waals surface area (Å²) in [5.74, 6) is -1.54. The molecule has 0 aromatic heterocycles. The van der Waals surface area contributed by atoms with Crippen LogP contribution in [-0.2, 0) is 9.59 Å². The first-order valence-corrected chi connectivity index (χ1v) is 9.02. The normalized spacial score (nSPS) is 14.4. The number of anilines is 1. The smallest absolute Gasteiger partial charge is 0.406 e. The molecule has 0 saturated carbocycles. The van der Waals surface area contributed by atoms with E-state index in [-0.39, 0.29) is 23.5 Å². The maximum Gasteiger partial charge on any atom is 0.573 e. The predicted octanol–water partition coefficient (Wildman–Crippen LogP) is 4.58. The van der Waals surface area contributed by atoms with Crippen molar-refractivity contribution in [3.8, 4) is 5.75 Å². The second-order valence-electron chi connectivity index (χ2n) is 6.76. The Kier molecular flexibility index (Phi) is 5.69. The third-order valence-electron chi connectivity index (χ3n) is 4.61. The number of aryl methyl sites for hydroxylation is 2. The van der Waals surface area contributed by atoms with Crippen molar-refractivity contribution >= 4 is 23.1 Å². The highest BCUT2D eigenvalue weighted by Gasteiger charge is 2.38. The number of benzene rings is 2. The molecule has 8 heteroatoms. The molecule has 156 valence electrons. The number of carbonyl (C=O) groups excluding carboxylic acids is 2. The Morgan fingerprint density at radius 1 is 1.07 bits per heavy atom. The van der Waals surface area contributed by atoms with Crippen LogP contribution >= 0.6 is 0 Å². The number of amides is 2. The first-order valence-electron chi connectivity index (χ1n) is 9.02. The molecule has 0 radical (unpaired) electrons. The Bertz CT molecular complexity index is 1060. The summed E-state index contributed by atoms with van der Waals surface area (Å²) in [5.41, 5.74) is 2.79. The minimum Gasteiger partial charge on any atom is -0.406 e. The number of hydrogen-bond acceptors (Lipinski definition) is 4. The van der Waals surface area contributed by atoms with E-state index in [1.807, 2.05) is 19.9 Å². The summed E-state index contributed by atoms with van der Waals surface area (Å²) >= 11 is 0. The van der Waals surface area contributed by atoms with Gasteiger partial charge in [0.25, 0.3) is 11.8 Å². The molecule has 1 heterocycles. The van der Waals surface area contributed by atoms with Crippen LogP contribution in [0.4, 0.5) is 18.9 Å². The van der Waals surface area contributed by atoms with Crippen molar-refractivity contribution in [2.75, 3.05) is 11.9 Å². The van der Waals surface area contributed by atoms with Gasteiger partial charge in [-0.1, -0.05) is 30.3 Å². The number of nitrogens with one attached hydrogen (secondary N) is 1. The highest BCUT2D eigenvalue weighted by molar-refractivity contribution is 6.36. The number of ether oxygens (including phenoxy) is 1. The Morgan fingerprint density at radius 3 is 2.43 bits per heavy atom. The summed E-state index contributed by atoms with van der Waals surface area (Å²) in [6.07, 6.45) is -3.42. The molecule has 0 atom stereocenters. The molecule has 1 aliphatic heterocycles. The number of rotatable bonds is 6. The largest absolute Gasteiger partial charge is 0.573 e. The van der Waals surface area contributed by atoms with Crippen LogP contribution in [0.15, 0.2) is 60.8 Å². The van der Waals surface area contributed by atoms with Crippen LogP contribution in [0.5, 0.6) is 5.75 Å². The van der Waals surface area contributed by atoms with E-state index in [1.54, 1.807) is 12.1 Å². The molecule has 3 rings (SSSR count). The van der Waals surface area contributed by atoms with Gasteiger partial charge in [-0.05, 0) is 42.7 Å². The predicted molar refractivity (Wildman–Crippen MR) is 107 cm³/mol. The molecule has 1 aliphatic rings. The van der Waals surface area contributed by atoms with Gasteiger partial charge in [-0.3, -0.25) is 14.5 Å². The maximum atomic E-state index is 12.9. The van der Waals surface area contributed by atoms with Crippen LogP contribution in [0.25, 0.3) is 5.57 Å². The summed E-state index contributed by atoms with van der Waals surface area (Å²) in [6.45, 7) is 7.37. The van der Waals surface area contributed by atoms with Crippen LogP contribution in [0.3, 0.4) is 0 Å². The fourth-order valence-electron chi connectivity index (χ4n) is 3.07. The molecule has 2 aromatic carbocycles. The lowest BCUT2D eigenvalue weighted by atomic mass is 9.99. The Balaban J connectivity index is 2.05. The van der Waals surface area contributed by atoms with Gasteiger partial charge in [-0.25, -0.2) is 0 Å². The first-order chi connectivity index (χ1) is 14.1. The summed E-state index contributed by atoms with van der Waals surface area (Å²) < 4.78 is 41.5. The Morgan fingerprint density at radius 2 is 1.80 bits per heavy atom. The molecule has 2 amide bonds. The monoisotopic (exact) mass is 416 g/mol. The van der Waals surface area contributed by atoms with E-state index in [1.165, 1.54) is 18.2 Å². The minimum absolute atomic E-state index is 0.00835. The van der Waals surface area contributed by atoms with Gasteiger partial charge in [-0.2, -0.15) is 0 Å². The van der Waals surface area contributed by atoms with Gasteiger partial charge < -0.3 is 10.1 Å². The topological polar surface area (TPSA) is 58.6 Å². The van der Waals surface area contributed by atoms with Crippen LogP contribution < -0.4 is 10.1 Å². The standard InChI is InChI=1S/C22H19F3N2O3/c1-4-10-27-20(28)18(15-9-8-13(2)14(3)11-15)19(21(27)29)26-16-6-5-7-17(12-16)30-22(23,24)25/h4-9,11-12,26H,1,10H2,2-3H3. The lowest BCUT2D eigenvalue weighted by molar-refractivity contribution is -0.274. The van der Waals surface area contributed by atoms with Gasteiger partial charge in [-0.15, -0.1) is 19.8 Å². The van der Waals surface area contributed by atoms with Gasteiger partial charge >= 0.3 is 6.36 Å². The van der Waals surface area contributed by atoms with Crippen molar-refractivity contribution in [2.24, 2.45) is 0 Å². The summed E-state index contributed by atoms with van der Waals surface area (Å²) in [5, 5.41) is 2.80. The number of hydrogen-bond donors (Lipinski definition) is 1. The van der Waals surface area contributed by atoms with Crippen molar-refractivity contribution in [1.29, 1.82) is 0 Å². The zero-order chi connectivity index (χ0) is 22.1. The molecule has 0 fully saturated rings. The molecule has 2 aromatic rings. The van der Waals surface area contributed by atoms with Gasteiger partial charge in [0.05, 0.1) is 5.57 Å². The van der Waals surface area contributed by atoms with E-state index < -0.39 is 23.9 Å². The van der Waals surface area contributed by atoms with E-state index >= 15 is 0 Å². The van der Waals surface area contributed by atoms with Crippen LogP contribution in [0.2, 0.25) is 0 Å². The molecule has 30 heavy (non-hydrogen) atoms. The van der Waals surface area contributed by atoms with Crippen molar-refractivity contribution in [3.63, 3.8) is 0 Å². The number of imide groups is 1. The number of halogens is 3. The highest BCUT2D eigenvalue weighted by Crippen LogP contribution is 2.32. The van der Waals surface area contributed by atoms with Crippen molar-refractivity contribution in [1.82, 2.24) is 4.90 Å².